The number of urea groups is 1. The summed E-state index contributed by atoms with van der Waals surface area (Å²) < 4.78 is 10.9. The number of carbonyl (C=O) groups excluding carboxylic acids is 2. The quantitative estimate of drug-likeness (QED) is 0.502. The lowest BCUT2D eigenvalue weighted by Crippen LogP contribution is -3.28. The summed E-state index contributed by atoms with van der Waals surface area (Å²) in [6, 6.07) is 14.9. The molecule has 2 aliphatic heterocycles. The van der Waals surface area contributed by atoms with Gasteiger partial charge in [0, 0.05) is 18.2 Å². The highest BCUT2D eigenvalue weighted by molar-refractivity contribution is 5.96. The van der Waals surface area contributed by atoms with Gasteiger partial charge in [0.25, 0.3) is 5.91 Å². The van der Waals surface area contributed by atoms with E-state index in [9.17, 15) is 9.59 Å². The van der Waals surface area contributed by atoms with E-state index < -0.39 is 12.1 Å². The summed E-state index contributed by atoms with van der Waals surface area (Å²) in [6.07, 6.45) is 0. The van der Waals surface area contributed by atoms with Crippen LogP contribution in [0, 0.1) is 0 Å². The average Bonchev–Trinajstić information content (AvgIpc) is 3.24. The van der Waals surface area contributed by atoms with Gasteiger partial charge in [-0.25, -0.2) is 4.79 Å². The highest BCUT2D eigenvalue weighted by Gasteiger charge is 2.36. The number of benzene rings is 2. The summed E-state index contributed by atoms with van der Waals surface area (Å²) in [7, 11) is 1.51. The second-order valence-corrected chi connectivity index (χ2v) is 7.68. The van der Waals surface area contributed by atoms with E-state index in [-0.39, 0.29) is 12.7 Å². The van der Waals surface area contributed by atoms with Crippen LogP contribution in [0.25, 0.3) is 0 Å². The minimum atomic E-state index is -0.479. The zero-order chi connectivity index (χ0) is 20.9. The van der Waals surface area contributed by atoms with Gasteiger partial charge < -0.3 is 24.6 Å². The van der Waals surface area contributed by atoms with Crippen LogP contribution in [0.15, 0.2) is 48.5 Å². The van der Waals surface area contributed by atoms with E-state index in [2.05, 4.69) is 22.8 Å². The highest BCUT2D eigenvalue weighted by Crippen LogP contribution is 2.32. The van der Waals surface area contributed by atoms with Gasteiger partial charge in [0.15, 0.2) is 17.5 Å². The molecule has 1 fully saturated rings. The molecular weight excluding hydrogens is 384 g/mol. The topological polar surface area (TPSA) is 85.5 Å². The molecule has 8 heteroatoms. The van der Waals surface area contributed by atoms with Crippen LogP contribution in [0.2, 0.25) is 0 Å². The van der Waals surface area contributed by atoms with Crippen LogP contribution in [-0.4, -0.2) is 52.0 Å². The first-order chi connectivity index (χ1) is 14.6. The molecule has 2 aliphatic rings. The Balaban J connectivity index is 1.41. The summed E-state index contributed by atoms with van der Waals surface area (Å²) >= 11 is 0. The van der Waals surface area contributed by atoms with Crippen molar-refractivity contribution in [2.45, 2.75) is 12.6 Å². The monoisotopic (exact) mass is 412 g/mol. The van der Waals surface area contributed by atoms with E-state index in [1.807, 2.05) is 36.4 Å². The molecule has 0 unspecified atom stereocenters. The van der Waals surface area contributed by atoms with Crippen LogP contribution in [0.4, 0.5) is 4.79 Å². The number of quaternary nitrogens is 2. The number of carbonyl (C=O) groups is 2. The number of hydrogen-bond acceptors (Lipinski definition) is 4. The summed E-state index contributed by atoms with van der Waals surface area (Å²) in [6.45, 7) is 4.78. The van der Waals surface area contributed by atoms with E-state index in [4.69, 9.17) is 9.47 Å². The van der Waals surface area contributed by atoms with Crippen molar-refractivity contribution < 1.29 is 28.9 Å². The third-order valence-corrected chi connectivity index (χ3v) is 5.76. The molecule has 0 aliphatic carbocycles. The van der Waals surface area contributed by atoms with Gasteiger partial charge in [0.1, 0.15) is 32.7 Å². The molecule has 158 valence electrons. The fourth-order valence-electron chi connectivity index (χ4n) is 4.19. The Hall–Kier alpha value is -3.10. The van der Waals surface area contributed by atoms with E-state index in [1.165, 1.54) is 22.4 Å². The van der Waals surface area contributed by atoms with Gasteiger partial charge in [-0.05, 0) is 18.2 Å². The van der Waals surface area contributed by atoms with Crippen molar-refractivity contribution >= 4 is 11.9 Å². The van der Waals surface area contributed by atoms with Crippen LogP contribution < -0.4 is 29.9 Å². The maximum Gasteiger partial charge on any atom is 0.321 e. The number of imide groups is 1. The third kappa shape index (κ3) is 4.55. The van der Waals surface area contributed by atoms with E-state index >= 15 is 0 Å². The van der Waals surface area contributed by atoms with Crippen LogP contribution in [0.3, 0.4) is 0 Å². The predicted molar refractivity (Wildman–Crippen MR) is 109 cm³/mol. The summed E-state index contributed by atoms with van der Waals surface area (Å²) in [5.41, 5.74) is 2.14. The van der Waals surface area contributed by atoms with Crippen LogP contribution >= 0.6 is 0 Å². The van der Waals surface area contributed by atoms with Crippen molar-refractivity contribution in [1.29, 1.82) is 0 Å². The maximum absolute atomic E-state index is 12.9. The summed E-state index contributed by atoms with van der Waals surface area (Å²) in [5, 5.41) is 4.91. The zero-order valence-electron chi connectivity index (χ0n) is 17.1. The summed E-state index contributed by atoms with van der Waals surface area (Å²) in [4.78, 5) is 27.2. The normalized spacial score (nSPS) is 21.0. The molecule has 2 aromatic rings. The Labute approximate surface area is 175 Å². The molecule has 4 N–H and O–H groups in total. The van der Waals surface area contributed by atoms with E-state index in [1.54, 1.807) is 0 Å². The lowest BCUT2D eigenvalue weighted by Gasteiger charge is -2.34. The van der Waals surface area contributed by atoms with Crippen LogP contribution in [0.1, 0.15) is 17.2 Å². The molecule has 1 saturated heterocycles. The van der Waals surface area contributed by atoms with Crippen LogP contribution in [-0.2, 0) is 11.3 Å². The smallest absolute Gasteiger partial charge is 0.321 e. The standard InChI is InChI=1S/C22H26N4O4/c1-23-22(28)24-21(27)20(17-5-3-2-4-6-17)26-11-9-25(10-12-26)14-16-7-8-18-19(13-16)30-15-29-18/h2-8,13,20H,9-12,14-15H2,1H3,(H2,23,24,27,28)/p+2/t20-/m1/s1. The van der Waals surface area contributed by atoms with Gasteiger partial charge in [0.05, 0.1) is 0 Å². The zero-order valence-corrected chi connectivity index (χ0v) is 17.1. The van der Waals surface area contributed by atoms with Crippen molar-refractivity contribution in [3.8, 4) is 11.5 Å². The van der Waals surface area contributed by atoms with Crippen molar-refractivity contribution in [1.82, 2.24) is 10.6 Å². The number of rotatable bonds is 5. The molecule has 0 aromatic heterocycles. The molecular formula is C22H28N4O4+2. The number of piperazine rings is 1. The molecule has 0 spiro atoms. The van der Waals surface area contributed by atoms with Gasteiger partial charge in [0.2, 0.25) is 6.79 Å². The number of fused-ring (bicyclic) bond motifs is 1. The minimum absolute atomic E-state index is 0.269. The van der Waals surface area contributed by atoms with Gasteiger partial charge in [-0.2, -0.15) is 0 Å². The lowest BCUT2D eigenvalue weighted by molar-refractivity contribution is -1.03. The Kier molecular flexibility index (Phi) is 6.15. The van der Waals surface area contributed by atoms with Crippen LogP contribution in [0.5, 0.6) is 11.5 Å². The average molecular weight is 412 g/mol. The predicted octanol–water partition coefficient (Wildman–Crippen LogP) is -1.10. The second kappa shape index (κ2) is 9.15. The Bertz CT molecular complexity index is 897. The lowest BCUT2D eigenvalue weighted by atomic mass is 10.0. The van der Waals surface area contributed by atoms with Gasteiger partial charge in [-0.3, -0.25) is 10.1 Å². The highest BCUT2D eigenvalue weighted by atomic mass is 16.7. The molecule has 0 bridgehead atoms. The van der Waals surface area contributed by atoms with Crippen molar-refractivity contribution in [3.05, 3.63) is 59.7 Å². The first kappa shape index (κ1) is 20.2. The third-order valence-electron chi connectivity index (χ3n) is 5.76. The van der Waals surface area contributed by atoms with Gasteiger partial charge >= 0.3 is 6.03 Å². The fourth-order valence-corrected chi connectivity index (χ4v) is 4.19. The number of nitrogens with one attached hydrogen (secondary N) is 4. The number of hydrogen-bond donors (Lipinski definition) is 4. The molecule has 30 heavy (non-hydrogen) atoms. The molecule has 4 rings (SSSR count). The number of ether oxygens (including phenoxy) is 2. The molecule has 2 aromatic carbocycles. The molecule has 1 atom stereocenters. The first-order valence-corrected chi connectivity index (χ1v) is 10.3. The summed E-state index contributed by atoms with van der Waals surface area (Å²) in [5.74, 6) is 1.34. The van der Waals surface area contributed by atoms with E-state index in [0.29, 0.717) is 0 Å². The molecule has 0 saturated carbocycles. The first-order valence-electron chi connectivity index (χ1n) is 10.3. The Morgan fingerprint density at radius 2 is 1.73 bits per heavy atom. The van der Waals surface area contributed by atoms with Gasteiger partial charge in [-0.1, -0.05) is 30.3 Å². The molecule has 8 nitrogen and oxygen atoms in total. The SMILES string of the molecule is CNC(=O)NC(=O)[C@@H](c1ccccc1)[NH+]1CC[NH+](Cc2ccc3c(c2)OCO3)CC1. The Morgan fingerprint density at radius 3 is 2.47 bits per heavy atom. The molecule has 0 radical (unpaired) electrons. The molecule has 3 amide bonds. The van der Waals surface area contributed by atoms with Gasteiger partial charge in [-0.15, -0.1) is 0 Å². The maximum atomic E-state index is 12.9. The largest absolute Gasteiger partial charge is 0.454 e. The Morgan fingerprint density at radius 1 is 1.00 bits per heavy atom. The fraction of sp³-hybridized carbons (Fsp3) is 0.364. The van der Waals surface area contributed by atoms with Crippen molar-refractivity contribution in [2.75, 3.05) is 40.0 Å². The number of amides is 3. The molecule has 2 heterocycles. The van der Waals surface area contributed by atoms with Crippen molar-refractivity contribution in [2.24, 2.45) is 0 Å². The van der Waals surface area contributed by atoms with E-state index in [0.717, 1.165) is 49.8 Å². The second-order valence-electron chi connectivity index (χ2n) is 7.68. The van der Waals surface area contributed by atoms with Crippen molar-refractivity contribution in [3.63, 3.8) is 0 Å². The minimum Gasteiger partial charge on any atom is -0.454 e.